The Morgan fingerprint density at radius 2 is 1.81 bits per heavy atom. The van der Waals surface area contributed by atoms with Gasteiger partial charge in [0.05, 0.1) is 12.5 Å². The van der Waals surface area contributed by atoms with Gasteiger partial charge >= 0.3 is 11.9 Å². The highest BCUT2D eigenvalue weighted by molar-refractivity contribution is 5.87. The predicted molar refractivity (Wildman–Crippen MR) is 57.5 cm³/mol. The number of carbonyl (C=O) groups excluding carboxylic acids is 2. The predicted octanol–water partition coefficient (Wildman–Crippen LogP) is 1.28. The maximum Gasteiger partial charge on any atom is 0.336 e. The van der Waals surface area contributed by atoms with Crippen molar-refractivity contribution in [3.63, 3.8) is 0 Å². The van der Waals surface area contributed by atoms with Gasteiger partial charge in [0.25, 0.3) is 0 Å². The van der Waals surface area contributed by atoms with Crippen LogP contribution in [0.15, 0.2) is 12.2 Å². The fraction of sp³-hybridized carbons (Fsp3) is 0.636. The van der Waals surface area contributed by atoms with Crippen molar-refractivity contribution in [2.45, 2.75) is 27.1 Å². The second kappa shape index (κ2) is 7.00. The van der Waals surface area contributed by atoms with Crippen LogP contribution in [0.5, 0.6) is 0 Å². The van der Waals surface area contributed by atoms with Crippen LogP contribution < -0.4 is 0 Å². The van der Waals surface area contributed by atoms with Gasteiger partial charge in [-0.15, -0.1) is 0 Å². The first kappa shape index (κ1) is 14.6. The van der Waals surface area contributed by atoms with E-state index in [0.717, 1.165) is 0 Å². The van der Waals surface area contributed by atoms with Crippen LogP contribution >= 0.6 is 0 Å². The van der Waals surface area contributed by atoms with Crippen molar-refractivity contribution in [1.29, 1.82) is 0 Å². The molecule has 2 unspecified atom stereocenters. The number of hydrogen-bond donors (Lipinski definition) is 0. The SMILES string of the molecule is C=C(C)C(=O)OC(C)OC(=O)C(C)COC. The summed E-state index contributed by atoms with van der Waals surface area (Å²) in [6.45, 7) is 8.34. The zero-order valence-electron chi connectivity index (χ0n) is 10.1. The van der Waals surface area contributed by atoms with Gasteiger partial charge in [0.2, 0.25) is 6.29 Å². The van der Waals surface area contributed by atoms with Crippen molar-refractivity contribution in [3.8, 4) is 0 Å². The number of ether oxygens (including phenoxy) is 3. The molecule has 5 nitrogen and oxygen atoms in total. The monoisotopic (exact) mass is 230 g/mol. The van der Waals surface area contributed by atoms with Crippen LogP contribution in [0.4, 0.5) is 0 Å². The smallest absolute Gasteiger partial charge is 0.336 e. The number of rotatable bonds is 6. The van der Waals surface area contributed by atoms with E-state index in [4.69, 9.17) is 14.2 Å². The highest BCUT2D eigenvalue weighted by atomic mass is 16.7. The molecule has 0 saturated carbocycles. The summed E-state index contributed by atoms with van der Waals surface area (Å²) in [7, 11) is 1.49. The first-order chi connectivity index (χ1) is 7.38. The number of esters is 2. The molecule has 0 aromatic heterocycles. The largest absolute Gasteiger partial charge is 0.425 e. The van der Waals surface area contributed by atoms with Crippen LogP contribution in [-0.4, -0.2) is 31.9 Å². The normalized spacial score (nSPS) is 13.8. The molecule has 5 heteroatoms. The molecule has 0 spiro atoms. The highest BCUT2D eigenvalue weighted by Crippen LogP contribution is 2.05. The van der Waals surface area contributed by atoms with E-state index in [1.165, 1.54) is 21.0 Å². The molecule has 2 atom stereocenters. The van der Waals surface area contributed by atoms with Gasteiger partial charge in [-0.05, 0) is 13.8 Å². The van der Waals surface area contributed by atoms with Crippen molar-refractivity contribution < 1.29 is 23.8 Å². The lowest BCUT2D eigenvalue weighted by atomic mass is 10.2. The van der Waals surface area contributed by atoms with Crippen molar-refractivity contribution in [3.05, 3.63) is 12.2 Å². The summed E-state index contributed by atoms with van der Waals surface area (Å²) in [6, 6.07) is 0. The fourth-order valence-electron chi connectivity index (χ4n) is 0.873. The molecule has 0 aliphatic carbocycles. The highest BCUT2D eigenvalue weighted by Gasteiger charge is 2.19. The molecular weight excluding hydrogens is 212 g/mol. The molecule has 0 heterocycles. The van der Waals surface area contributed by atoms with E-state index in [1.807, 2.05) is 0 Å². The third-order valence-corrected chi connectivity index (χ3v) is 1.72. The van der Waals surface area contributed by atoms with Gasteiger partial charge < -0.3 is 14.2 Å². The van der Waals surface area contributed by atoms with Crippen LogP contribution in [0.3, 0.4) is 0 Å². The number of carbonyl (C=O) groups is 2. The van der Waals surface area contributed by atoms with Gasteiger partial charge in [-0.25, -0.2) is 4.79 Å². The van der Waals surface area contributed by atoms with Crippen molar-refractivity contribution in [1.82, 2.24) is 0 Å². The average Bonchev–Trinajstić information content (AvgIpc) is 2.17. The lowest BCUT2D eigenvalue weighted by Crippen LogP contribution is -2.27. The van der Waals surface area contributed by atoms with Crippen LogP contribution in [0.2, 0.25) is 0 Å². The van der Waals surface area contributed by atoms with Crippen molar-refractivity contribution in [2.24, 2.45) is 5.92 Å². The maximum absolute atomic E-state index is 11.4. The van der Waals surface area contributed by atoms with E-state index in [1.54, 1.807) is 6.92 Å². The Balaban J connectivity index is 4.04. The van der Waals surface area contributed by atoms with Crippen LogP contribution in [0, 0.1) is 5.92 Å². The molecule has 0 aliphatic rings. The Labute approximate surface area is 95.4 Å². The Hall–Kier alpha value is -1.36. The second-order valence-corrected chi connectivity index (χ2v) is 3.55. The molecule has 0 aromatic rings. The summed E-state index contributed by atoms with van der Waals surface area (Å²) in [4.78, 5) is 22.5. The van der Waals surface area contributed by atoms with Gasteiger partial charge in [-0.3, -0.25) is 4.79 Å². The Kier molecular flexibility index (Phi) is 6.41. The Bertz CT molecular complexity index is 272. The standard InChI is InChI=1S/C11H18O5/c1-7(2)10(12)15-9(4)16-11(13)8(3)6-14-5/h8-9H,1,6H2,2-5H3. The van der Waals surface area contributed by atoms with Crippen molar-refractivity contribution >= 4 is 11.9 Å². The molecule has 0 bridgehead atoms. The molecule has 92 valence electrons. The van der Waals surface area contributed by atoms with E-state index >= 15 is 0 Å². The van der Waals surface area contributed by atoms with Crippen LogP contribution in [-0.2, 0) is 23.8 Å². The minimum Gasteiger partial charge on any atom is -0.425 e. The topological polar surface area (TPSA) is 61.8 Å². The van der Waals surface area contributed by atoms with Crippen LogP contribution in [0.25, 0.3) is 0 Å². The maximum atomic E-state index is 11.4. The second-order valence-electron chi connectivity index (χ2n) is 3.55. The quantitative estimate of drug-likeness (QED) is 0.391. The first-order valence-corrected chi connectivity index (χ1v) is 4.94. The summed E-state index contributed by atoms with van der Waals surface area (Å²) in [6.07, 6.45) is -0.920. The fourth-order valence-corrected chi connectivity index (χ4v) is 0.873. The Morgan fingerprint density at radius 3 is 2.25 bits per heavy atom. The minimum absolute atomic E-state index is 0.257. The molecule has 0 amide bonds. The van der Waals surface area contributed by atoms with Crippen LogP contribution in [0.1, 0.15) is 20.8 Å². The third kappa shape index (κ3) is 5.50. The third-order valence-electron chi connectivity index (χ3n) is 1.72. The summed E-state index contributed by atoms with van der Waals surface area (Å²) < 4.78 is 14.5. The molecule has 0 aromatic carbocycles. The summed E-state index contributed by atoms with van der Waals surface area (Å²) >= 11 is 0. The summed E-state index contributed by atoms with van der Waals surface area (Å²) in [5.74, 6) is -1.44. The van der Waals surface area contributed by atoms with E-state index in [2.05, 4.69) is 6.58 Å². The molecule has 16 heavy (non-hydrogen) atoms. The molecule has 0 aliphatic heterocycles. The molecule has 0 saturated heterocycles. The molecule has 0 N–H and O–H groups in total. The zero-order chi connectivity index (χ0) is 12.7. The zero-order valence-corrected chi connectivity index (χ0v) is 10.1. The van der Waals surface area contributed by atoms with Gasteiger partial charge in [0.15, 0.2) is 0 Å². The van der Waals surface area contributed by atoms with Gasteiger partial charge in [-0.2, -0.15) is 0 Å². The lowest BCUT2D eigenvalue weighted by Gasteiger charge is -2.16. The van der Waals surface area contributed by atoms with Gasteiger partial charge in [0.1, 0.15) is 0 Å². The number of hydrogen-bond acceptors (Lipinski definition) is 5. The molecule has 0 rings (SSSR count). The average molecular weight is 230 g/mol. The summed E-state index contributed by atoms with van der Waals surface area (Å²) in [5, 5.41) is 0. The minimum atomic E-state index is -0.920. The van der Waals surface area contributed by atoms with Gasteiger partial charge in [-0.1, -0.05) is 6.58 Å². The first-order valence-electron chi connectivity index (χ1n) is 4.94. The van der Waals surface area contributed by atoms with E-state index in [9.17, 15) is 9.59 Å². The molecular formula is C11H18O5. The van der Waals surface area contributed by atoms with E-state index in [-0.39, 0.29) is 12.2 Å². The molecule has 0 fully saturated rings. The van der Waals surface area contributed by atoms with Crippen molar-refractivity contribution in [2.75, 3.05) is 13.7 Å². The van der Waals surface area contributed by atoms with E-state index < -0.39 is 24.1 Å². The Morgan fingerprint density at radius 1 is 1.25 bits per heavy atom. The van der Waals surface area contributed by atoms with Gasteiger partial charge in [0, 0.05) is 19.6 Å². The number of methoxy groups -OCH3 is 1. The lowest BCUT2D eigenvalue weighted by molar-refractivity contribution is -0.185. The molecule has 0 radical (unpaired) electrons. The summed E-state index contributed by atoms with van der Waals surface area (Å²) in [5.41, 5.74) is 0.257. The van der Waals surface area contributed by atoms with E-state index in [0.29, 0.717) is 0 Å².